The largest absolute Gasteiger partial charge is 0.348 e. The Morgan fingerprint density at radius 1 is 0.824 bits per heavy atom. The second-order valence-electron chi connectivity index (χ2n) is 8.78. The van der Waals surface area contributed by atoms with Crippen molar-refractivity contribution in [2.75, 3.05) is 0 Å². The molecule has 174 valence electrons. The molecule has 1 aliphatic carbocycles. The van der Waals surface area contributed by atoms with Crippen molar-refractivity contribution in [1.29, 1.82) is 0 Å². The number of H-pyrrole nitrogens is 1. The van der Waals surface area contributed by atoms with Gasteiger partial charge in [-0.25, -0.2) is 13.8 Å². The van der Waals surface area contributed by atoms with Crippen LogP contribution in [0, 0.1) is 11.6 Å². The minimum absolute atomic E-state index is 0.208. The first kappa shape index (κ1) is 24.4. The molecule has 0 aliphatic heterocycles. The highest BCUT2D eigenvalue weighted by molar-refractivity contribution is 9.10. The molecule has 6 heteroatoms. The van der Waals surface area contributed by atoms with Gasteiger partial charge in [0.05, 0.1) is 0 Å². The lowest BCUT2D eigenvalue weighted by Crippen LogP contribution is -2.46. The lowest BCUT2D eigenvalue weighted by Gasteiger charge is -2.28. The maximum absolute atomic E-state index is 13.2. The standard InChI is InChI=1S/C18H19BF2.C10H9BrN2/c20-17-10-6-15(7-11-17)19(14-4-2-1-3-5-14)16-8-12-18(21)13-9-16;11-9-4-2-1-3-8(9)7-10-12-5-6-13-10/h6-14H,1-5H2;1-6H,7H2,(H,12,13). The molecule has 1 aliphatic rings. The van der Waals surface area contributed by atoms with Gasteiger partial charge in [-0.3, -0.25) is 0 Å². The summed E-state index contributed by atoms with van der Waals surface area (Å²) in [6.45, 7) is 0.242. The number of hydrogen-bond acceptors (Lipinski definition) is 1. The van der Waals surface area contributed by atoms with Crippen LogP contribution in [-0.4, -0.2) is 16.7 Å². The Bertz CT molecular complexity index is 1100. The minimum atomic E-state index is -0.208. The average molecular weight is 521 g/mol. The molecule has 0 unspecified atom stereocenters. The highest BCUT2D eigenvalue weighted by Crippen LogP contribution is 2.31. The van der Waals surface area contributed by atoms with Crippen LogP contribution in [0.15, 0.2) is 89.7 Å². The smallest absolute Gasteiger partial charge is 0.212 e. The third-order valence-electron chi connectivity index (χ3n) is 6.45. The van der Waals surface area contributed by atoms with E-state index in [1.54, 1.807) is 6.20 Å². The zero-order chi connectivity index (χ0) is 23.8. The third-order valence-corrected chi connectivity index (χ3v) is 7.22. The van der Waals surface area contributed by atoms with E-state index < -0.39 is 0 Å². The second kappa shape index (κ2) is 12.1. The fraction of sp³-hybridized carbons (Fsp3) is 0.250. The van der Waals surface area contributed by atoms with Crippen LogP contribution in [0.1, 0.15) is 43.5 Å². The number of hydrogen-bond donors (Lipinski definition) is 1. The topological polar surface area (TPSA) is 28.7 Å². The molecule has 34 heavy (non-hydrogen) atoms. The molecular formula is C28H28BBrF2N2. The van der Waals surface area contributed by atoms with E-state index in [1.807, 2.05) is 48.7 Å². The summed E-state index contributed by atoms with van der Waals surface area (Å²) in [6, 6.07) is 21.8. The van der Waals surface area contributed by atoms with Gasteiger partial charge in [-0.1, -0.05) is 107 Å². The van der Waals surface area contributed by atoms with Crippen LogP contribution >= 0.6 is 15.9 Å². The molecule has 3 aromatic carbocycles. The fourth-order valence-corrected chi connectivity index (χ4v) is 5.19. The van der Waals surface area contributed by atoms with Gasteiger partial charge in [0, 0.05) is 23.3 Å². The lowest BCUT2D eigenvalue weighted by atomic mass is 9.32. The first-order valence-electron chi connectivity index (χ1n) is 11.8. The van der Waals surface area contributed by atoms with Crippen molar-refractivity contribution in [3.8, 4) is 0 Å². The highest BCUT2D eigenvalue weighted by atomic mass is 79.9. The molecular weight excluding hydrogens is 493 g/mol. The van der Waals surface area contributed by atoms with E-state index in [1.165, 1.54) is 61.9 Å². The number of aromatic amines is 1. The summed E-state index contributed by atoms with van der Waals surface area (Å²) >= 11 is 3.50. The van der Waals surface area contributed by atoms with Gasteiger partial charge in [0.1, 0.15) is 17.5 Å². The molecule has 0 saturated heterocycles. The van der Waals surface area contributed by atoms with Crippen molar-refractivity contribution in [2.45, 2.75) is 44.3 Å². The highest BCUT2D eigenvalue weighted by Gasteiger charge is 2.30. The molecule has 4 aromatic rings. The Morgan fingerprint density at radius 2 is 1.41 bits per heavy atom. The maximum Gasteiger partial charge on any atom is 0.212 e. The average Bonchev–Trinajstić information content (AvgIpc) is 3.38. The van der Waals surface area contributed by atoms with Crippen molar-refractivity contribution in [2.24, 2.45) is 0 Å². The third kappa shape index (κ3) is 6.66. The first-order valence-corrected chi connectivity index (χ1v) is 12.6. The molecule has 1 heterocycles. The summed E-state index contributed by atoms with van der Waals surface area (Å²) in [7, 11) is 0. The number of benzene rings is 3. The predicted octanol–water partition coefficient (Wildman–Crippen LogP) is 6.67. The van der Waals surface area contributed by atoms with Gasteiger partial charge >= 0.3 is 0 Å². The normalized spacial score (nSPS) is 13.7. The Hall–Kier alpha value is -2.73. The molecule has 0 radical (unpaired) electrons. The van der Waals surface area contributed by atoms with Crippen LogP contribution in [0.5, 0.6) is 0 Å². The Balaban J connectivity index is 0.000000180. The van der Waals surface area contributed by atoms with Crippen molar-refractivity contribution in [3.05, 3.63) is 113 Å². The van der Waals surface area contributed by atoms with Crippen LogP contribution in [0.4, 0.5) is 8.78 Å². The summed E-state index contributed by atoms with van der Waals surface area (Å²) < 4.78 is 27.5. The molecule has 0 atom stereocenters. The Labute approximate surface area is 209 Å². The predicted molar refractivity (Wildman–Crippen MR) is 140 cm³/mol. The number of nitrogens with zero attached hydrogens (tertiary/aromatic N) is 1. The molecule has 5 rings (SSSR count). The van der Waals surface area contributed by atoms with Crippen molar-refractivity contribution >= 4 is 33.6 Å². The summed E-state index contributed by atoms with van der Waals surface area (Å²) in [5, 5.41) is 0. The van der Waals surface area contributed by atoms with Crippen molar-refractivity contribution < 1.29 is 8.78 Å². The minimum Gasteiger partial charge on any atom is -0.348 e. The van der Waals surface area contributed by atoms with Gasteiger partial charge in [-0.2, -0.15) is 0 Å². The monoisotopic (exact) mass is 520 g/mol. The van der Waals surface area contributed by atoms with E-state index in [-0.39, 0.29) is 18.3 Å². The summed E-state index contributed by atoms with van der Waals surface area (Å²) in [5.41, 5.74) is 3.52. The zero-order valence-electron chi connectivity index (χ0n) is 19.1. The second-order valence-corrected chi connectivity index (χ2v) is 9.64. The van der Waals surface area contributed by atoms with Gasteiger partial charge in [0.25, 0.3) is 0 Å². The van der Waals surface area contributed by atoms with Crippen LogP contribution in [0.2, 0.25) is 5.82 Å². The van der Waals surface area contributed by atoms with Crippen molar-refractivity contribution in [3.63, 3.8) is 0 Å². The number of halogens is 3. The SMILES string of the molecule is Brc1ccccc1Cc1ncc[nH]1.Fc1ccc(B(c2ccc(F)cc2)C2CCCCC2)cc1. The van der Waals surface area contributed by atoms with Crippen LogP contribution in [-0.2, 0) is 6.42 Å². The molecule has 1 fully saturated rings. The molecule has 1 N–H and O–H groups in total. The van der Waals surface area contributed by atoms with Crippen LogP contribution in [0.25, 0.3) is 0 Å². The molecule has 1 aromatic heterocycles. The molecule has 0 bridgehead atoms. The molecule has 0 spiro atoms. The lowest BCUT2D eigenvalue weighted by molar-refractivity contribution is 0.499. The first-order chi connectivity index (χ1) is 16.6. The van der Waals surface area contributed by atoms with Gasteiger partial charge in [0.2, 0.25) is 6.71 Å². The van der Waals surface area contributed by atoms with Gasteiger partial charge in [-0.15, -0.1) is 0 Å². The van der Waals surface area contributed by atoms with Crippen molar-refractivity contribution in [1.82, 2.24) is 9.97 Å². The van der Waals surface area contributed by atoms with Crippen LogP contribution < -0.4 is 10.9 Å². The van der Waals surface area contributed by atoms with E-state index in [0.717, 1.165) is 27.6 Å². The Kier molecular flexibility index (Phi) is 8.70. The molecule has 2 nitrogen and oxygen atoms in total. The fourth-order valence-electron chi connectivity index (χ4n) is 4.76. The molecule has 1 saturated carbocycles. The maximum atomic E-state index is 13.2. The zero-order valence-corrected chi connectivity index (χ0v) is 20.6. The number of rotatable bonds is 5. The van der Waals surface area contributed by atoms with Gasteiger partial charge in [0.15, 0.2) is 0 Å². The summed E-state index contributed by atoms with van der Waals surface area (Å²) in [5.74, 6) is 1.14. The number of nitrogens with one attached hydrogen (secondary N) is 1. The van der Waals surface area contributed by atoms with E-state index >= 15 is 0 Å². The van der Waals surface area contributed by atoms with Crippen LogP contribution in [0.3, 0.4) is 0 Å². The van der Waals surface area contributed by atoms with E-state index in [9.17, 15) is 8.78 Å². The number of aromatic nitrogens is 2. The number of imidazole rings is 1. The van der Waals surface area contributed by atoms with E-state index in [0.29, 0.717) is 5.82 Å². The van der Waals surface area contributed by atoms with Gasteiger partial charge in [-0.05, 0) is 35.9 Å². The summed E-state index contributed by atoms with van der Waals surface area (Å²) in [6.07, 6.45) is 10.6. The summed E-state index contributed by atoms with van der Waals surface area (Å²) in [4.78, 5) is 7.26. The Morgan fingerprint density at radius 3 is 1.94 bits per heavy atom. The molecule has 0 amide bonds. The van der Waals surface area contributed by atoms with Gasteiger partial charge < -0.3 is 4.98 Å². The van der Waals surface area contributed by atoms with E-state index in [2.05, 4.69) is 32.0 Å². The van der Waals surface area contributed by atoms with E-state index in [4.69, 9.17) is 0 Å². The quantitative estimate of drug-likeness (QED) is 0.292.